The van der Waals surface area contributed by atoms with Crippen molar-refractivity contribution in [3.8, 4) is 0 Å². The summed E-state index contributed by atoms with van der Waals surface area (Å²) in [6.45, 7) is 14.0. The fourth-order valence-electron chi connectivity index (χ4n) is 1.76. The van der Waals surface area contributed by atoms with E-state index in [-0.39, 0.29) is 0 Å². The van der Waals surface area contributed by atoms with Crippen LogP contribution in [0.4, 0.5) is 0 Å². The van der Waals surface area contributed by atoms with Gasteiger partial charge < -0.3 is 5.32 Å². The molecule has 0 rings (SSSR count). The second-order valence-electron chi connectivity index (χ2n) is 4.36. The van der Waals surface area contributed by atoms with Gasteiger partial charge in [0.1, 0.15) is 0 Å². The summed E-state index contributed by atoms with van der Waals surface area (Å²) >= 11 is 0. The van der Waals surface area contributed by atoms with Gasteiger partial charge in [0.25, 0.3) is 0 Å². The van der Waals surface area contributed by atoms with Gasteiger partial charge in [-0.2, -0.15) is 0 Å². The van der Waals surface area contributed by atoms with Crippen molar-refractivity contribution in [1.82, 2.24) is 5.32 Å². The van der Waals surface area contributed by atoms with E-state index in [2.05, 4.69) is 39.6 Å². The highest BCUT2D eigenvalue weighted by atomic mass is 14.9. The Morgan fingerprint density at radius 2 is 2.00 bits per heavy atom. The van der Waals surface area contributed by atoms with Gasteiger partial charge in [-0.3, -0.25) is 0 Å². The van der Waals surface area contributed by atoms with Crippen molar-refractivity contribution < 1.29 is 0 Å². The Morgan fingerprint density at radius 3 is 2.46 bits per heavy atom. The second-order valence-corrected chi connectivity index (χ2v) is 4.36. The molecule has 2 atom stereocenters. The Morgan fingerprint density at radius 1 is 1.38 bits per heavy atom. The summed E-state index contributed by atoms with van der Waals surface area (Å²) in [5, 5.41) is 3.51. The molecule has 0 spiro atoms. The lowest BCUT2D eigenvalue weighted by Crippen LogP contribution is -2.28. The van der Waals surface area contributed by atoms with Crippen molar-refractivity contribution in [1.29, 1.82) is 0 Å². The van der Waals surface area contributed by atoms with Crippen molar-refractivity contribution in [2.75, 3.05) is 6.54 Å². The first kappa shape index (κ1) is 12.7. The Bertz CT molecular complexity index is 140. The van der Waals surface area contributed by atoms with Crippen molar-refractivity contribution in [3.63, 3.8) is 0 Å². The van der Waals surface area contributed by atoms with Crippen molar-refractivity contribution in [2.24, 2.45) is 5.92 Å². The summed E-state index contributed by atoms with van der Waals surface area (Å²) in [6, 6.07) is 0.648. The molecular formula is C12H25N. The van der Waals surface area contributed by atoms with Crippen LogP contribution in [-0.4, -0.2) is 12.6 Å². The molecule has 0 bridgehead atoms. The van der Waals surface area contributed by atoms with Crippen LogP contribution in [0.3, 0.4) is 0 Å². The molecule has 13 heavy (non-hydrogen) atoms. The topological polar surface area (TPSA) is 12.0 Å². The molecule has 0 heterocycles. The number of allylic oxidation sites excluding steroid dienone is 1. The molecule has 1 heteroatoms. The second kappa shape index (κ2) is 7.14. The lowest BCUT2D eigenvalue weighted by atomic mass is 9.96. The van der Waals surface area contributed by atoms with Gasteiger partial charge in [-0.1, -0.05) is 19.4 Å². The zero-order valence-corrected chi connectivity index (χ0v) is 9.69. The molecule has 78 valence electrons. The molecular weight excluding hydrogens is 158 g/mol. The first-order chi connectivity index (χ1) is 6.06. The lowest BCUT2D eigenvalue weighted by Gasteiger charge is -2.18. The van der Waals surface area contributed by atoms with Gasteiger partial charge in [-0.05, 0) is 45.6 Å². The van der Waals surface area contributed by atoms with Crippen LogP contribution in [0.1, 0.15) is 47.0 Å². The average Bonchev–Trinajstić information content (AvgIpc) is 1.98. The Labute approximate surface area is 83.6 Å². The molecule has 0 aliphatic carbocycles. The number of nitrogens with one attached hydrogen (secondary N) is 1. The number of hydrogen-bond acceptors (Lipinski definition) is 1. The smallest absolute Gasteiger partial charge is 0.00413 e. The summed E-state index contributed by atoms with van der Waals surface area (Å²) in [6.07, 6.45) is 3.64. The molecule has 1 nitrogen and oxygen atoms in total. The predicted octanol–water partition coefficient (Wildman–Crippen LogP) is 3.37. The molecule has 0 radical (unpaired) electrons. The van der Waals surface area contributed by atoms with E-state index in [1.54, 1.807) is 0 Å². The standard InChI is InChI=1S/C12H25N/c1-6-7-13-12(5)9-11(4)8-10(2)3/h11-13H,2,6-9H2,1,3-5H3. The van der Waals surface area contributed by atoms with E-state index in [0.717, 1.165) is 18.9 Å². The van der Waals surface area contributed by atoms with Crippen LogP contribution >= 0.6 is 0 Å². The summed E-state index contributed by atoms with van der Waals surface area (Å²) in [5.74, 6) is 0.761. The lowest BCUT2D eigenvalue weighted by molar-refractivity contribution is 0.419. The third-order valence-corrected chi connectivity index (χ3v) is 2.20. The van der Waals surface area contributed by atoms with E-state index in [9.17, 15) is 0 Å². The van der Waals surface area contributed by atoms with Gasteiger partial charge in [-0.25, -0.2) is 0 Å². The van der Waals surface area contributed by atoms with Crippen LogP contribution < -0.4 is 5.32 Å². The minimum absolute atomic E-state index is 0.648. The van der Waals surface area contributed by atoms with Crippen molar-refractivity contribution in [2.45, 2.75) is 53.0 Å². The summed E-state index contributed by atoms with van der Waals surface area (Å²) in [5.41, 5.74) is 1.30. The van der Waals surface area contributed by atoms with Gasteiger partial charge in [0.15, 0.2) is 0 Å². The normalized spacial score (nSPS) is 15.4. The van der Waals surface area contributed by atoms with Crippen LogP contribution in [0.2, 0.25) is 0 Å². The molecule has 0 aromatic carbocycles. The molecule has 0 aromatic rings. The highest BCUT2D eigenvalue weighted by molar-refractivity contribution is 4.89. The first-order valence-corrected chi connectivity index (χ1v) is 5.44. The molecule has 2 unspecified atom stereocenters. The maximum atomic E-state index is 3.94. The van der Waals surface area contributed by atoms with Crippen LogP contribution in [0.15, 0.2) is 12.2 Å². The molecule has 0 saturated carbocycles. The van der Waals surface area contributed by atoms with Gasteiger partial charge in [0.2, 0.25) is 0 Å². The molecule has 0 amide bonds. The summed E-state index contributed by atoms with van der Waals surface area (Å²) < 4.78 is 0. The van der Waals surface area contributed by atoms with E-state index < -0.39 is 0 Å². The first-order valence-electron chi connectivity index (χ1n) is 5.44. The monoisotopic (exact) mass is 183 g/mol. The van der Waals surface area contributed by atoms with Gasteiger partial charge in [-0.15, -0.1) is 6.58 Å². The largest absolute Gasteiger partial charge is 0.314 e. The van der Waals surface area contributed by atoms with E-state index in [1.807, 2.05) is 0 Å². The van der Waals surface area contributed by atoms with Gasteiger partial charge in [0, 0.05) is 6.04 Å². The fourth-order valence-corrected chi connectivity index (χ4v) is 1.76. The molecule has 0 fully saturated rings. The SMILES string of the molecule is C=C(C)CC(C)CC(C)NCCC. The van der Waals surface area contributed by atoms with Gasteiger partial charge >= 0.3 is 0 Å². The maximum absolute atomic E-state index is 3.94. The van der Waals surface area contributed by atoms with Gasteiger partial charge in [0.05, 0.1) is 0 Å². The minimum Gasteiger partial charge on any atom is -0.314 e. The van der Waals surface area contributed by atoms with E-state index in [4.69, 9.17) is 0 Å². The fraction of sp³-hybridized carbons (Fsp3) is 0.833. The van der Waals surface area contributed by atoms with Crippen LogP contribution in [0.5, 0.6) is 0 Å². The highest BCUT2D eigenvalue weighted by Crippen LogP contribution is 2.14. The Balaban J connectivity index is 3.52. The van der Waals surface area contributed by atoms with Crippen molar-refractivity contribution in [3.05, 3.63) is 12.2 Å². The Hall–Kier alpha value is -0.300. The molecule has 0 saturated heterocycles. The minimum atomic E-state index is 0.648. The molecule has 0 aliphatic rings. The Kier molecular flexibility index (Phi) is 6.97. The number of rotatable bonds is 7. The van der Waals surface area contributed by atoms with Crippen LogP contribution in [0, 0.1) is 5.92 Å². The maximum Gasteiger partial charge on any atom is 0.00413 e. The molecule has 0 aromatic heterocycles. The van der Waals surface area contributed by atoms with Crippen LogP contribution in [0.25, 0.3) is 0 Å². The zero-order valence-electron chi connectivity index (χ0n) is 9.69. The van der Waals surface area contributed by atoms with Crippen LogP contribution in [-0.2, 0) is 0 Å². The zero-order chi connectivity index (χ0) is 10.3. The van der Waals surface area contributed by atoms with E-state index in [0.29, 0.717) is 6.04 Å². The third-order valence-electron chi connectivity index (χ3n) is 2.20. The van der Waals surface area contributed by atoms with E-state index in [1.165, 1.54) is 18.4 Å². The summed E-state index contributed by atoms with van der Waals surface area (Å²) in [4.78, 5) is 0. The molecule has 0 aliphatic heterocycles. The number of hydrogen-bond donors (Lipinski definition) is 1. The van der Waals surface area contributed by atoms with E-state index >= 15 is 0 Å². The predicted molar refractivity (Wildman–Crippen MR) is 61.0 cm³/mol. The summed E-state index contributed by atoms with van der Waals surface area (Å²) in [7, 11) is 0. The average molecular weight is 183 g/mol. The highest BCUT2D eigenvalue weighted by Gasteiger charge is 2.07. The molecule has 1 N–H and O–H groups in total. The quantitative estimate of drug-likeness (QED) is 0.597. The third kappa shape index (κ3) is 8.04. The van der Waals surface area contributed by atoms with Crippen molar-refractivity contribution >= 4 is 0 Å².